The average Bonchev–Trinajstić information content (AvgIpc) is 3.30. The fourth-order valence-electron chi connectivity index (χ4n) is 3.47. The van der Waals surface area contributed by atoms with E-state index in [0.29, 0.717) is 24.5 Å². The molecule has 0 saturated carbocycles. The number of aromatic nitrogens is 2. The van der Waals surface area contributed by atoms with E-state index in [4.69, 9.17) is 9.15 Å². The van der Waals surface area contributed by atoms with Crippen molar-refractivity contribution in [2.45, 2.75) is 18.0 Å². The van der Waals surface area contributed by atoms with Crippen molar-refractivity contribution in [3.05, 3.63) is 60.0 Å². The van der Waals surface area contributed by atoms with Gasteiger partial charge in [-0.05, 0) is 37.4 Å². The highest BCUT2D eigenvalue weighted by molar-refractivity contribution is 7.99. The van der Waals surface area contributed by atoms with Crippen LogP contribution in [-0.4, -0.2) is 60.0 Å². The normalized spacial score (nSPS) is 14.7. The molecule has 3 aromatic rings. The molecule has 2 aromatic carbocycles. The molecule has 12 heteroatoms. The van der Waals surface area contributed by atoms with Gasteiger partial charge in [0.05, 0.1) is 22.7 Å². The number of hydrogen-bond donors (Lipinski definition) is 1. The number of halogens is 3. The summed E-state index contributed by atoms with van der Waals surface area (Å²) in [6.45, 7) is 2.92. The van der Waals surface area contributed by atoms with Crippen molar-refractivity contribution in [3.63, 3.8) is 0 Å². The molecule has 2 heterocycles. The van der Waals surface area contributed by atoms with E-state index in [1.54, 1.807) is 12.1 Å². The second kappa shape index (κ2) is 11.0. The number of thioether (sulfide) groups is 1. The first kappa shape index (κ1) is 24.9. The number of nitrogens with one attached hydrogen (secondary N) is 1. The Hall–Kier alpha value is -3.25. The number of benzene rings is 2. The average molecular weight is 508 g/mol. The predicted octanol–water partition coefficient (Wildman–Crippen LogP) is 4.15. The number of amides is 1. The molecule has 1 saturated heterocycles. The van der Waals surface area contributed by atoms with Crippen molar-refractivity contribution in [1.29, 1.82) is 0 Å². The molecule has 0 atom stereocenters. The lowest BCUT2D eigenvalue weighted by Gasteiger charge is -2.35. The van der Waals surface area contributed by atoms with Crippen molar-refractivity contribution in [3.8, 4) is 5.75 Å². The van der Waals surface area contributed by atoms with Crippen LogP contribution in [0.25, 0.3) is 0 Å². The van der Waals surface area contributed by atoms with Gasteiger partial charge < -0.3 is 24.3 Å². The molecule has 0 bridgehead atoms. The largest absolute Gasteiger partial charge is 0.484 e. The lowest BCUT2D eigenvalue weighted by molar-refractivity contribution is -0.137. The highest BCUT2D eigenvalue weighted by Gasteiger charge is 2.32. The van der Waals surface area contributed by atoms with Gasteiger partial charge in [0.1, 0.15) is 5.75 Å². The van der Waals surface area contributed by atoms with Crippen LogP contribution in [0.4, 0.5) is 24.5 Å². The highest BCUT2D eigenvalue weighted by Crippen LogP contribution is 2.36. The molecule has 1 aromatic heterocycles. The van der Waals surface area contributed by atoms with Crippen LogP contribution in [0, 0.1) is 0 Å². The lowest BCUT2D eigenvalue weighted by atomic mass is 10.1. The number of anilines is 2. The molecule has 1 aliphatic rings. The lowest BCUT2D eigenvalue weighted by Crippen LogP contribution is -2.44. The number of nitrogens with zero attached hydrogens (tertiary/aromatic N) is 4. The summed E-state index contributed by atoms with van der Waals surface area (Å²) in [5, 5.41) is 10.5. The van der Waals surface area contributed by atoms with Crippen molar-refractivity contribution >= 4 is 29.0 Å². The Morgan fingerprint density at radius 1 is 1.11 bits per heavy atom. The molecule has 35 heavy (non-hydrogen) atoms. The zero-order valence-electron chi connectivity index (χ0n) is 18.9. The quantitative estimate of drug-likeness (QED) is 0.456. The molecule has 0 spiro atoms. The third-order valence-electron chi connectivity index (χ3n) is 5.32. The van der Waals surface area contributed by atoms with Crippen LogP contribution in [0.3, 0.4) is 0 Å². The van der Waals surface area contributed by atoms with Gasteiger partial charge in [-0.3, -0.25) is 4.79 Å². The van der Waals surface area contributed by atoms with Gasteiger partial charge in [-0.2, -0.15) is 13.2 Å². The Morgan fingerprint density at radius 3 is 2.57 bits per heavy atom. The Morgan fingerprint density at radius 2 is 1.86 bits per heavy atom. The topological polar surface area (TPSA) is 83.7 Å². The van der Waals surface area contributed by atoms with E-state index in [1.807, 2.05) is 30.1 Å². The third kappa shape index (κ3) is 6.89. The molecular weight excluding hydrogens is 483 g/mol. The van der Waals surface area contributed by atoms with Gasteiger partial charge in [0.25, 0.3) is 11.1 Å². The SMILES string of the molecule is CN1CCN(c2ccc(C(F)(F)F)cc2NC(=O)CSc2nnc(COc3ccccc3)o2)CC1. The van der Waals surface area contributed by atoms with Crippen molar-refractivity contribution in [2.75, 3.05) is 49.2 Å². The zero-order valence-corrected chi connectivity index (χ0v) is 19.7. The summed E-state index contributed by atoms with van der Waals surface area (Å²) in [6.07, 6.45) is -4.52. The first-order valence-corrected chi connectivity index (χ1v) is 11.8. The minimum absolute atomic E-state index is 0.0718. The molecule has 186 valence electrons. The van der Waals surface area contributed by atoms with Crippen molar-refractivity contribution < 1.29 is 27.1 Å². The van der Waals surface area contributed by atoms with Crippen LogP contribution in [-0.2, 0) is 17.6 Å². The van der Waals surface area contributed by atoms with E-state index in [2.05, 4.69) is 20.4 Å². The summed E-state index contributed by atoms with van der Waals surface area (Å²) in [6, 6.07) is 12.5. The van der Waals surface area contributed by atoms with Gasteiger partial charge in [-0.25, -0.2) is 0 Å². The summed E-state index contributed by atoms with van der Waals surface area (Å²) >= 11 is 0.991. The van der Waals surface area contributed by atoms with Gasteiger partial charge in [0.15, 0.2) is 6.61 Å². The van der Waals surface area contributed by atoms with Crippen LogP contribution in [0.2, 0.25) is 0 Å². The second-order valence-electron chi connectivity index (χ2n) is 7.92. The van der Waals surface area contributed by atoms with E-state index in [9.17, 15) is 18.0 Å². The molecule has 1 aliphatic heterocycles. The van der Waals surface area contributed by atoms with Crippen LogP contribution in [0.1, 0.15) is 11.5 Å². The number of ether oxygens (including phenoxy) is 1. The van der Waals surface area contributed by atoms with E-state index >= 15 is 0 Å². The molecule has 0 unspecified atom stereocenters. The van der Waals surface area contributed by atoms with Crippen LogP contribution >= 0.6 is 11.8 Å². The van der Waals surface area contributed by atoms with Crippen LogP contribution < -0.4 is 15.0 Å². The summed E-state index contributed by atoms with van der Waals surface area (Å²) < 4.78 is 50.9. The second-order valence-corrected chi connectivity index (χ2v) is 8.85. The fourth-order valence-corrected chi connectivity index (χ4v) is 4.05. The monoisotopic (exact) mass is 507 g/mol. The van der Waals surface area contributed by atoms with E-state index in [-0.39, 0.29) is 29.2 Å². The minimum atomic E-state index is -4.52. The number of hydrogen-bond acceptors (Lipinski definition) is 8. The number of carbonyl (C=O) groups excluding carboxylic acids is 1. The number of rotatable bonds is 8. The number of carbonyl (C=O) groups is 1. The molecule has 1 fully saturated rings. The van der Waals surface area contributed by atoms with Crippen LogP contribution in [0.5, 0.6) is 5.75 Å². The first-order chi connectivity index (χ1) is 16.8. The first-order valence-electron chi connectivity index (χ1n) is 10.9. The predicted molar refractivity (Wildman–Crippen MR) is 126 cm³/mol. The molecule has 1 amide bonds. The maximum Gasteiger partial charge on any atom is 0.416 e. The Labute approximate surface area is 204 Å². The summed E-state index contributed by atoms with van der Waals surface area (Å²) in [5.74, 6) is 0.299. The van der Waals surface area contributed by atoms with Gasteiger partial charge in [0, 0.05) is 26.2 Å². The smallest absolute Gasteiger partial charge is 0.416 e. The maximum absolute atomic E-state index is 13.3. The Bertz CT molecular complexity index is 1130. The standard InChI is InChI=1S/C23H24F3N5O3S/c1-30-9-11-31(12-10-30)19-8-7-16(23(24,25)26)13-18(19)27-20(32)15-35-22-29-28-21(34-22)14-33-17-5-3-2-4-6-17/h2-8,13H,9-12,14-15H2,1H3,(H,27,32). The third-order valence-corrected chi connectivity index (χ3v) is 6.14. The van der Waals surface area contributed by atoms with Crippen LogP contribution in [0.15, 0.2) is 58.2 Å². The number of alkyl halides is 3. The summed E-state index contributed by atoms with van der Waals surface area (Å²) in [5.41, 5.74) is -0.140. The van der Waals surface area contributed by atoms with Gasteiger partial charge in [0.2, 0.25) is 5.91 Å². The fraction of sp³-hybridized carbons (Fsp3) is 0.348. The van der Waals surface area contributed by atoms with Gasteiger partial charge in [-0.15, -0.1) is 10.2 Å². The van der Waals surface area contributed by atoms with E-state index in [0.717, 1.165) is 37.0 Å². The number of para-hydroxylation sites is 1. The molecule has 4 rings (SSSR count). The highest BCUT2D eigenvalue weighted by atomic mass is 32.2. The van der Waals surface area contributed by atoms with Gasteiger partial charge in [-0.1, -0.05) is 30.0 Å². The van der Waals surface area contributed by atoms with Crippen molar-refractivity contribution in [2.24, 2.45) is 0 Å². The number of piperazine rings is 1. The Balaban J connectivity index is 1.37. The molecule has 8 nitrogen and oxygen atoms in total. The van der Waals surface area contributed by atoms with E-state index < -0.39 is 17.6 Å². The zero-order chi connectivity index (χ0) is 24.8. The minimum Gasteiger partial charge on any atom is -0.484 e. The Kier molecular flexibility index (Phi) is 7.81. The maximum atomic E-state index is 13.3. The molecule has 0 radical (unpaired) electrons. The summed E-state index contributed by atoms with van der Waals surface area (Å²) in [7, 11) is 1.99. The molecular formula is C23H24F3N5O3S. The van der Waals surface area contributed by atoms with Crippen molar-refractivity contribution in [1.82, 2.24) is 15.1 Å². The summed E-state index contributed by atoms with van der Waals surface area (Å²) in [4.78, 5) is 16.7. The molecule has 1 N–H and O–H groups in total. The van der Waals surface area contributed by atoms with Gasteiger partial charge >= 0.3 is 6.18 Å². The number of likely N-dealkylation sites (N-methyl/N-ethyl adjacent to an activating group) is 1. The van der Waals surface area contributed by atoms with E-state index in [1.165, 1.54) is 6.07 Å². The molecule has 0 aliphatic carbocycles.